The smallest absolute Gasteiger partial charge is 0.0611 e. The lowest BCUT2D eigenvalue weighted by Gasteiger charge is -2.53. The number of hydrogen-bond acceptors (Lipinski definition) is 5. The molecule has 0 heterocycles. The van der Waals surface area contributed by atoms with Crippen molar-refractivity contribution in [2.45, 2.75) is 31.4 Å². The van der Waals surface area contributed by atoms with Gasteiger partial charge < -0.3 is 19.9 Å². The Bertz CT molecular complexity index is 212. The zero-order valence-electron chi connectivity index (χ0n) is 12.0. The topological polar surface area (TPSA) is 57.0 Å². The minimum Gasteiger partial charge on any atom is -0.383 e. The molecule has 0 aliphatic heterocycles. The Kier molecular flexibility index (Phi) is 7.11. The highest BCUT2D eigenvalue weighted by atomic mass is 16.5. The summed E-state index contributed by atoms with van der Waals surface area (Å²) in [6, 6.07) is 0. The summed E-state index contributed by atoms with van der Waals surface area (Å²) in [5.74, 6) is 0. The zero-order chi connectivity index (χ0) is 13.4. The van der Waals surface area contributed by atoms with Gasteiger partial charge in [0, 0.05) is 46.0 Å². The first-order valence-electron chi connectivity index (χ1n) is 6.77. The van der Waals surface area contributed by atoms with Crippen LogP contribution in [-0.4, -0.2) is 70.2 Å². The maximum absolute atomic E-state index is 5.99. The molecule has 0 spiro atoms. The predicted molar refractivity (Wildman–Crippen MR) is 71.8 cm³/mol. The highest BCUT2D eigenvalue weighted by molar-refractivity contribution is 5.04. The summed E-state index contributed by atoms with van der Waals surface area (Å²) in [6.07, 6.45) is 2.40. The van der Waals surface area contributed by atoms with Gasteiger partial charge in [-0.1, -0.05) is 0 Å². The molecule has 1 rings (SSSR count). The van der Waals surface area contributed by atoms with Gasteiger partial charge in [-0.3, -0.25) is 4.90 Å². The van der Waals surface area contributed by atoms with Gasteiger partial charge in [0.15, 0.2) is 0 Å². The Hall–Kier alpha value is -0.200. The molecule has 1 saturated carbocycles. The molecule has 0 radical (unpaired) electrons. The fourth-order valence-electron chi connectivity index (χ4n) is 2.68. The quantitative estimate of drug-likeness (QED) is 0.619. The Morgan fingerprint density at radius 2 is 1.72 bits per heavy atom. The highest BCUT2D eigenvalue weighted by Crippen LogP contribution is 2.38. The van der Waals surface area contributed by atoms with Crippen LogP contribution in [0.2, 0.25) is 0 Å². The first-order chi connectivity index (χ1) is 8.72. The second kappa shape index (κ2) is 8.07. The van der Waals surface area contributed by atoms with Gasteiger partial charge in [0.1, 0.15) is 0 Å². The van der Waals surface area contributed by atoms with Crippen LogP contribution in [-0.2, 0) is 14.2 Å². The average Bonchev–Trinajstić information content (AvgIpc) is 2.34. The van der Waals surface area contributed by atoms with Gasteiger partial charge in [0.2, 0.25) is 0 Å². The van der Waals surface area contributed by atoms with E-state index in [-0.39, 0.29) is 5.54 Å². The molecular weight excluding hydrogens is 232 g/mol. The van der Waals surface area contributed by atoms with Crippen LogP contribution in [0.4, 0.5) is 0 Å². The molecule has 0 saturated heterocycles. The molecule has 0 aromatic carbocycles. The summed E-state index contributed by atoms with van der Waals surface area (Å²) in [6.45, 7) is 6.74. The van der Waals surface area contributed by atoms with Crippen molar-refractivity contribution in [2.24, 2.45) is 5.73 Å². The number of rotatable bonds is 10. The molecule has 0 aromatic heterocycles. The molecule has 108 valence electrons. The summed E-state index contributed by atoms with van der Waals surface area (Å²) < 4.78 is 16.0. The molecular formula is C13H28N2O3. The van der Waals surface area contributed by atoms with Crippen LogP contribution in [0.15, 0.2) is 0 Å². The number of hydrogen-bond donors (Lipinski definition) is 1. The first kappa shape index (κ1) is 15.9. The monoisotopic (exact) mass is 260 g/mol. The van der Waals surface area contributed by atoms with Crippen LogP contribution in [0.5, 0.6) is 0 Å². The van der Waals surface area contributed by atoms with Crippen LogP contribution >= 0.6 is 0 Å². The van der Waals surface area contributed by atoms with Gasteiger partial charge in [-0.05, 0) is 19.8 Å². The van der Waals surface area contributed by atoms with Crippen LogP contribution < -0.4 is 5.73 Å². The predicted octanol–water partition coefficient (Wildman–Crippen LogP) is 0.478. The fraction of sp³-hybridized carbons (Fsp3) is 1.00. The first-order valence-corrected chi connectivity index (χ1v) is 6.77. The van der Waals surface area contributed by atoms with E-state index in [0.717, 1.165) is 45.8 Å². The Labute approximate surface area is 111 Å². The molecule has 1 aliphatic rings. The summed E-state index contributed by atoms with van der Waals surface area (Å²) >= 11 is 0. The second-order valence-electron chi connectivity index (χ2n) is 4.89. The third-order valence-corrected chi connectivity index (χ3v) is 3.80. The van der Waals surface area contributed by atoms with E-state index in [1.807, 2.05) is 6.92 Å². The van der Waals surface area contributed by atoms with E-state index in [1.165, 1.54) is 0 Å². The summed E-state index contributed by atoms with van der Waals surface area (Å²) in [4.78, 5) is 2.40. The van der Waals surface area contributed by atoms with E-state index in [2.05, 4.69) is 4.90 Å². The van der Waals surface area contributed by atoms with Crippen LogP contribution in [0.1, 0.15) is 19.8 Å². The lowest BCUT2D eigenvalue weighted by Crippen LogP contribution is -2.65. The van der Waals surface area contributed by atoms with Crippen molar-refractivity contribution >= 4 is 0 Å². The van der Waals surface area contributed by atoms with Crippen molar-refractivity contribution in [3.8, 4) is 0 Å². The second-order valence-corrected chi connectivity index (χ2v) is 4.89. The minimum atomic E-state index is 0.0803. The lowest BCUT2D eigenvalue weighted by atomic mass is 9.72. The lowest BCUT2D eigenvalue weighted by molar-refractivity contribution is -0.107. The third kappa shape index (κ3) is 3.90. The number of nitrogens with two attached hydrogens (primary N) is 1. The molecule has 1 aliphatic carbocycles. The van der Waals surface area contributed by atoms with E-state index in [1.54, 1.807) is 14.2 Å². The number of ether oxygens (including phenoxy) is 3. The van der Waals surface area contributed by atoms with Gasteiger partial charge in [0.25, 0.3) is 0 Å². The molecule has 5 heteroatoms. The third-order valence-electron chi connectivity index (χ3n) is 3.80. The van der Waals surface area contributed by atoms with E-state index in [9.17, 15) is 0 Å². The van der Waals surface area contributed by atoms with Gasteiger partial charge in [0.05, 0.1) is 19.3 Å². The molecule has 5 nitrogen and oxygen atoms in total. The normalized spacial score (nSPS) is 27.5. The Balaban J connectivity index is 2.51. The van der Waals surface area contributed by atoms with Gasteiger partial charge >= 0.3 is 0 Å². The molecule has 2 N–H and O–H groups in total. The van der Waals surface area contributed by atoms with Crippen molar-refractivity contribution in [1.82, 2.24) is 4.90 Å². The van der Waals surface area contributed by atoms with E-state index >= 15 is 0 Å². The summed E-state index contributed by atoms with van der Waals surface area (Å²) in [5.41, 5.74) is 6.07. The average molecular weight is 260 g/mol. The van der Waals surface area contributed by atoms with Crippen LogP contribution in [0, 0.1) is 0 Å². The van der Waals surface area contributed by atoms with E-state index in [4.69, 9.17) is 19.9 Å². The molecule has 0 aromatic rings. The van der Waals surface area contributed by atoms with Crippen molar-refractivity contribution in [2.75, 3.05) is 53.7 Å². The van der Waals surface area contributed by atoms with Crippen LogP contribution in [0.3, 0.4) is 0 Å². The SMILES string of the molecule is CCOC1CC(CN)(N(CCOC)CCOC)C1. The van der Waals surface area contributed by atoms with E-state index < -0.39 is 0 Å². The van der Waals surface area contributed by atoms with E-state index in [0.29, 0.717) is 12.6 Å². The van der Waals surface area contributed by atoms with Gasteiger partial charge in [-0.25, -0.2) is 0 Å². The van der Waals surface area contributed by atoms with Crippen molar-refractivity contribution in [3.63, 3.8) is 0 Å². The fourth-order valence-corrected chi connectivity index (χ4v) is 2.68. The van der Waals surface area contributed by atoms with Crippen molar-refractivity contribution < 1.29 is 14.2 Å². The standard InChI is InChI=1S/C13H28N2O3/c1-4-18-12-9-13(10-12,11-14)15(5-7-16-2)6-8-17-3/h12H,4-11,14H2,1-3H3. The molecule has 18 heavy (non-hydrogen) atoms. The maximum Gasteiger partial charge on any atom is 0.0611 e. The molecule has 0 atom stereocenters. The summed E-state index contributed by atoms with van der Waals surface area (Å²) in [5, 5.41) is 0. The minimum absolute atomic E-state index is 0.0803. The van der Waals surface area contributed by atoms with Crippen LogP contribution in [0.25, 0.3) is 0 Å². The molecule has 1 fully saturated rings. The highest BCUT2D eigenvalue weighted by Gasteiger charge is 2.47. The largest absolute Gasteiger partial charge is 0.383 e. The molecule has 0 unspecified atom stereocenters. The zero-order valence-corrected chi connectivity index (χ0v) is 12.0. The Morgan fingerprint density at radius 1 is 1.17 bits per heavy atom. The summed E-state index contributed by atoms with van der Waals surface area (Å²) in [7, 11) is 3.46. The van der Waals surface area contributed by atoms with Gasteiger partial charge in [-0.15, -0.1) is 0 Å². The van der Waals surface area contributed by atoms with Crippen molar-refractivity contribution in [1.29, 1.82) is 0 Å². The Morgan fingerprint density at radius 3 is 2.11 bits per heavy atom. The maximum atomic E-state index is 5.99. The van der Waals surface area contributed by atoms with Crippen molar-refractivity contribution in [3.05, 3.63) is 0 Å². The number of nitrogens with zero attached hydrogens (tertiary/aromatic N) is 1. The van der Waals surface area contributed by atoms with Gasteiger partial charge in [-0.2, -0.15) is 0 Å². The molecule has 0 amide bonds. The molecule has 0 bridgehead atoms. The number of methoxy groups -OCH3 is 2.